The largest absolute Gasteiger partial charge is 0.462 e. The number of rotatable bonds is 11. The summed E-state index contributed by atoms with van der Waals surface area (Å²) in [6.45, 7) is 2.27. The Balaban J connectivity index is 1.61. The van der Waals surface area contributed by atoms with Gasteiger partial charge in [-0.2, -0.15) is 5.26 Å². The van der Waals surface area contributed by atoms with E-state index in [-0.39, 0.29) is 36.4 Å². The predicted octanol–water partition coefficient (Wildman–Crippen LogP) is 3.21. The molecule has 1 saturated carbocycles. The fourth-order valence-electron chi connectivity index (χ4n) is 3.80. The first-order valence-corrected chi connectivity index (χ1v) is 12.6. The lowest BCUT2D eigenvalue weighted by Gasteiger charge is -2.16. The summed E-state index contributed by atoms with van der Waals surface area (Å²) in [5.74, 6) is -0.732. The van der Waals surface area contributed by atoms with Crippen LogP contribution in [0.4, 0.5) is 11.5 Å². The number of amides is 1. The molecule has 0 aliphatic heterocycles. The van der Waals surface area contributed by atoms with Crippen LogP contribution < -0.4 is 21.9 Å². The topological polar surface area (TPSA) is 152 Å². The van der Waals surface area contributed by atoms with Crippen LogP contribution in [0.3, 0.4) is 0 Å². The van der Waals surface area contributed by atoms with E-state index in [9.17, 15) is 14.4 Å². The minimum atomic E-state index is -0.513. The molecule has 3 aromatic rings. The van der Waals surface area contributed by atoms with E-state index in [1.54, 1.807) is 36.4 Å². The van der Waals surface area contributed by atoms with Crippen molar-refractivity contribution >= 4 is 23.4 Å². The zero-order chi connectivity index (χ0) is 27.1. The summed E-state index contributed by atoms with van der Waals surface area (Å²) in [7, 11) is 0. The molecule has 0 radical (unpaired) electrons. The Morgan fingerprint density at radius 2 is 1.97 bits per heavy atom. The number of ether oxygens (including phenoxy) is 1. The van der Waals surface area contributed by atoms with Crippen molar-refractivity contribution in [3.05, 3.63) is 75.7 Å². The van der Waals surface area contributed by atoms with Gasteiger partial charge in [-0.25, -0.2) is 9.78 Å². The third-order valence-corrected chi connectivity index (χ3v) is 6.06. The first-order chi connectivity index (χ1) is 18.4. The average Bonchev–Trinajstić information content (AvgIpc) is 3.74. The average molecular weight is 515 g/mol. The highest BCUT2D eigenvalue weighted by molar-refractivity contribution is 5.92. The summed E-state index contributed by atoms with van der Waals surface area (Å²) in [6.07, 6.45) is 5.04. The number of aromatic nitrogens is 2. The molecule has 10 heteroatoms. The maximum atomic E-state index is 13.4. The van der Waals surface area contributed by atoms with Crippen LogP contribution in [-0.4, -0.2) is 34.1 Å². The summed E-state index contributed by atoms with van der Waals surface area (Å²) >= 11 is 0. The molecule has 1 heterocycles. The first-order valence-electron chi connectivity index (χ1n) is 12.6. The number of hydrogen-bond donors (Lipinski definition) is 3. The number of hydrogen-bond acceptors (Lipinski definition) is 8. The number of nitrogens with one attached hydrogen (secondary N) is 2. The molecule has 0 bridgehead atoms. The molecule has 1 aromatic heterocycles. The number of carbonyl (C=O) groups excluding carboxylic acids is 2. The molecular weight excluding hydrogens is 484 g/mol. The lowest BCUT2D eigenvalue weighted by molar-refractivity contribution is -0.121. The highest BCUT2D eigenvalue weighted by Crippen LogP contribution is 2.26. The molecule has 1 aliphatic rings. The molecule has 4 N–H and O–H groups in total. The number of nitrogen functional groups attached to an aromatic ring is 1. The predicted molar refractivity (Wildman–Crippen MR) is 143 cm³/mol. The van der Waals surface area contributed by atoms with E-state index in [0.29, 0.717) is 29.1 Å². The number of unbranched alkanes of at least 4 members (excludes halogenated alkanes) is 1. The van der Waals surface area contributed by atoms with E-state index in [4.69, 9.17) is 15.7 Å². The fourth-order valence-corrected chi connectivity index (χ4v) is 3.80. The molecule has 0 spiro atoms. The molecule has 0 atom stereocenters. The Hall–Kier alpha value is -4.65. The van der Waals surface area contributed by atoms with Crippen LogP contribution in [0.5, 0.6) is 0 Å². The number of benzene rings is 2. The number of nitriles is 1. The summed E-state index contributed by atoms with van der Waals surface area (Å²) in [4.78, 5) is 43.2. The SMILES string of the molecule is CCCCOC(=O)c1cc(N)cc(-c2cnc(NC3CC3)c(=O)n2CC(=O)NCc2ccc(C#N)cc2)c1. The number of nitrogens with zero attached hydrogens (tertiary/aromatic N) is 3. The van der Waals surface area contributed by atoms with Gasteiger partial charge in [0.1, 0.15) is 6.54 Å². The third kappa shape index (κ3) is 6.76. The van der Waals surface area contributed by atoms with Gasteiger partial charge in [-0.1, -0.05) is 25.5 Å². The van der Waals surface area contributed by atoms with Crippen LogP contribution in [0.15, 0.2) is 53.5 Å². The van der Waals surface area contributed by atoms with E-state index in [0.717, 1.165) is 31.2 Å². The van der Waals surface area contributed by atoms with Crippen molar-refractivity contribution in [3.63, 3.8) is 0 Å². The number of carbonyl (C=O) groups is 2. The van der Waals surface area contributed by atoms with Crippen LogP contribution in [0, 0.1) is 11.3 Å². The molecule has 1 amide bonds. The zero-order valence-corrected chi connectivity index (χ0v) is 21.2. The van der Waals surface area contributed by atoms with Gasteiger partial charge in [0.05, 0.1) is 35.7 Å². The quantitative estimate of drug-likeness (QED) is 0.200. The van der Waals surface area contributed by atoms with E-state index in [1.807, 2.05) is 6.92 Å². The van der Waals surface area contributed by atoms with Gasteiger partial charge in [0, 0.05) is 23.8 Å². The van der Waals surface area contributed by atoms with Crippen molar-refractivity contribution in [3.8, 4) is 17.3 Å². The monoisotopic (exact) mass is 514 g/mol. The molecule has 38 heavy (non-hydrogen) atoms. The van der Waals surface area contributed by atoms with Crippen molar-refractivity contribution in [2.24, 2.45) is 0 Å². The Bertz CT molecular complexity index is 1420. The second kappa shape index (κ2) is 12.1. The van der Waals surface area contributed by atoms with Crippen molar-refractivity contribution in [2.75, 3.05) is 17.7 Å². The molecule has 1 aliphatic carbocycles. The van der Waals surface area contributed by atoms with Gasteiger partial charge < -0.3 is 21.1 Å². The van der Waals surface area contributed by atoms with Crippen molar-refractivity contribution in [1.29, 1.82) is 5.26 Å². The molecule has 196 valence electrons. The standard InChI is InChI=1S/C28H30N6O4/c1-2-3-10-38-28(37)21-11-20(12-22(30)13-21)24-16-32-26(33-23-8-9-23)27(36)34(24)17-25(35)31-15-19-6-4-18(14-29)5-7-19/h4-7,11-13,16,23H,2-3,8-10,15,17,30H2,1H3,(H,31,35)(H,32,33). The van der Waals surface area contributed by atoms with E-state index < -0.39 is 11.5 Å². The second-order valence-electron chi connectivity index (χ2n) is 9.22. The lowest BCUT2D eigenvalue weighted by Crippen LogP contribution is -2.34. The summed E-state index contributed by atoms with van der Waals surface area (Å²) < 4.78 is 6.65. The van der Waals surface area contributed by atoms with E-state index in [1.165, 1.54) is 16.8 Å². The summed E-state index contributed by atoms with van der Waals surface area (Å²) in [5, 5.41) is 14.9. The van der Waals surface area contributed by atoms with Crippen molar-refractivity contribution in [2.45, 2.75) is 51.7 Å². The van der Waals surface area contributed by atoms with Crippen molar-refractivity contribution in [1.82, 2.24) is 14.9 Å². The minimum absolute atomic E-state index is 0.166. The van der Waals surface area contributed by atoms with Crippen LogP contribution in [-0.2, 0) is 22.6 Å². The van der Waals surface area contributed by atoms with Crippen LogP contribution in [0.2, 0.25) is 0 Å². The van der Waals surface area contributed by atoms with Gasteiger partial charge in [0.15, 0.2) is 5.82 Å². The van der Waals surface area contributed by atoms with Gasteiger partial charge in [0.25, 0.3) is 5.56 Å². The highest BCUT2D eigenvalue weighted by Gasteiger charge is 2.24. The highest BCUT2D eigenvalue weighted by atomic mass is 16.5. The van der Waals surface area contributed by atoms with E-state index >= 15 is 0 Å². The molecule has 2 aromatic carbocycles. The minimum Gasteiger partial charge on any atom is -0.462 e. The lowest BCUT2D eigenvalue weighted by atomic mass is 10.1. The van der Waals surface area contributed by atoms with Crippen LogP contribution in [0.1, 0.15) is 54.1 Å². The van der Waals surface area contributed by atoms with Gasteiger partial charge >= 0.3 is 5.97 Å². The zero-order valence-electron chi connectivity index (χ0n) is 21.2. The Kier molecular flexibility index (Phi) is 8.38. The first kappa shape index (κ1) is 26.4. The number of nitrogens with two attached hydrogens (primary N) is 1. The Labute approximate surface area is 220 Å². The van der Waals surface area contributed by atoms with Crippen LogP contribution in [0.25, 0.3) is 11.3 Å². The summed E-state index contributed by atoms with van der Waals surface area (Å²) in [5.41, 5.74) is 8.37. The molecule has 0 saturated heterocycles. The fraction of sp³-hybridized carbons (Fsp3) is 0.321. The molecular formula is C28H30N6O4. The molecule has 0 unspecified atom stereocenters. The Morgan fingerprint density at radius 3 is 2.66 bits per heavy atom. The summed E-state index contributed by atoms with van der Waals surface area (Å²) in [6, 6.07) is 13.8. The normalized spacial score (nSPS) is 12.4. The Morgan fingerprint density at radius 1 is 1.21 bits per heavy atom. The van der Waals surface area contributed by atoms with Gasteiger partial charge in [-0.15, -0.1) is 0 Å². The molecule has 10 nitrogen and oxygen atoms in total. The van der Waals surface area contributed by atoms with Gasteiger partial charge in [-0.3, -0.25) is 14.2 Å². The third-order valence-electron chi connectivity index (χ3n) is 6.06. The van der Waals surface area contributed by atoms with Crippen LogP contribution >= 0.6 is 0 Å². The van der Waals surface area contributed by atoms with E-state index in [2.05, 4.69) is 21.7 Å². The maximum Gasteiger partial charge on any atom is 0.338 e. The molecule has 4 rings (SSSR count). The number of esters is 1. The second-order valence-corrected chi connectivity index (χ2v) is 9.22. The molecule has 1 fully saturated rings. The smallest absolute Gasteiger partial charge is 0.338 e. The number of anilines is 2. The van der Waals surface area contributed by atoms with Gasteiger partial charge in [-0.05, 0) is 55.2 Å². The maximum absolute atomic E-state index is 13.4. The van der Waals surface area contributed by atoms with Gasteiger partial charge in [0.2, 0.25) is 5.91 Å². The van der Waals surface area contributed by atoms with Crippen molar-refractivity contribution < 1.29 is 14.3 Å².